The number of aliphatic hydroxyl groups is 1. The molecule has 5 heteroatoms. The topological polar surface area (TPSA) is 41.3 Å². The largest absolute Gasteiger partial charge is 0.387 e. The van der Waals surface area contributed by atoms with Crippen molar-refractivity contribution in [1.82, 2.24) is 14.7 Å². The summed E-state index contributed by atoms with van der Waals surface area (Å²) < 4.78 is 15.1. The fraction of sp³-hybridized carbons (Fsp3) is 0.471. The van der Waals surface area contributed by atoms with Crippen molar-refractivity contribution in [3.8, 4) is 0 Å². The maximum Gasteiger partial charge on any atom is 0.123 e. The minimum absolute atomic E-state index is 0.261. The van der Waals surface area contributed by atoms with Crippen LogP contribution < -0.4 is 0 Å². The summed E-state index contributed by atoms with van der Waals surface area (Å²) in [5.74, 6) is -0.261. The summed E-state index contributed by atoms with van der Waals surface area (Å²) in [6.07, 6.45) is 3.40. The van der Waals surface area contributed by atoms with Crippen molar-refractivity contribution in [2.45, 2.75) is 32.4 Å². The lowest BCUT2D eigenvalue weighted by atomic mass is 10.0. The molecule has 118 valence electrons. The molecule has 0 aliphatic carbocycles. The molecule has 4 nitrogen and oxygen atoms in total. The summed E-state index contributed by atoms with van der Waals surface area (Å²) in [7, 11) is 1.98. The molecular weight excluding hydrogens is 281 g/mol. The molecule has 0 radical (unpaired) electrons. The highest BCUT2D eigenvalue weighted by Crippen LogP contribution is 2.23. The minimum atomic E-state index is -0.598. The number of aliphatic hydroxyl groups excluding tert-OH is 1. The van der Waals surface area contributed by atoms with E-state index >= 15 is 0 Å². The van der Waals surface area contributed by atoms with E-state index in [-0.39, 0.29) is 5.82 Å². The predicted octanol–water partition coefficient (Wildman–Crippen LogP) is 2.35. The van der Waals surface area contributed by atoms with Crippen molar-refractivity contribution in [2.24, 2.45) is 7.05 Å². The molecule has 0 saturated carbocycles. The Morgan fingerprint density at radius 2 is 2.23 bits per heavy atom. The molecule has 1 aliphatic heterocycles. The standard InChI is InChI=1S/C17H22FN3O/c1-12-8-14(18)5-6-15(12)17(22)11-21-7-3-4-16-13(10-21)9-19-20(16)2/h5-6,8-9,17,22H,3-4,7,10-11H2,1-2H3. The molecule has 1 N–H and O–H groups in total. The van der Waals surface area contributed by atoms with E-state index in [1.54, 1.807) is 6.07 Å². The number of benzene rings is 1. The normalized spacial score (nSPS) is 17.1. The van der Waals surface area contributed by atoms with Crippen LogP contribution >= 0.6 is 0 Å². The predicted molar refractivity (Wildman–Crippen MR) is 82.9 cm³/mol. The molecule has 0 saturated heterocycles. The van der Waals surface area contributed by atoms with E-state index in [1.807, 2.05) is 24.9 Å². The lowest BCUT2D eigenvalue weighted by Gasteiger charge is -2.24. The molecule has 0 amide bonds. The molecule has 3 rings (SSSR count). The summed E-state index contributed by atoms with van der Waals surface area (Å²) >= 11 is 0. The minimum Gasteiger partial charge on any atom is -0.387 e. The van der Waals surface area contributed by atoms with Gasteiger partial charge in [-0.25, -0.2) is 4.39 Å². The highest BCUT2D eigenvalue weighted by molar-refractivity contribution is 5.29. The Bertz CT molecular complexity index is 668. The van der Waals surface area contributed by atoms with Gasteiger partial charge in [0.25, 0.3) is 0 Å². The lowest BCUT2D eigenvalue weighted by Crippen LogP contribution is -2.28. The molecule has 1 aliphatic rings. The summed E-state index contributed by atoms with van der Waals surface area (Å²) in [6.45, 7) is 4.15. The first-order valence-electron chi connectivity index (χ1n) is 7.71. The van der Waals surface area contributed by atoms with Crippen LogP contribution in [0.3, 0.4) is 0 Å². The Morgan fingerprint density at radius 3 is 3.00 bits per heavy atom. The van der Waals surface area contributed by atoms with Gasteiger partial charge in [-0.15, -0.1) is 0 Å². The first-order valence-corrected chi connectivity index (χ1v) is 7.71. The second-order valence-electron chi connectivity index (χ2n) is 6.10. The summed E-state index contributed by atoms with van der Waals surface area (Å²) in [5, 5.41) is 14.8. The monoisotopic (exact) mass is 303 g/mol. The second-order valence-corrected chi connectivity index (χ2v) is 6.10. The van der Waals surface area contributed by atoms with E-state index < -0.39 is 6.10 Å². The zero-order chi connectivity index (χ0) is 15.7. The van der Waals surface area contributed by atoms with Crippen LogP contribution in [0.1, 0.15) is 34.9 Å². The third kappa shape index (κ3) is 3.05. The van der Waals surface area contributed by atoms with E-state index in [1.165, 1.54) is 23.4 Å². The fourth-order valence-corrected chi connectivity index (χ4v) is 3.26. The molecule has 22 heavy (non-hydrogen) atoms. The van der Waals surface area contributed by atoms with Crippen LogP contribution in [0.2, 0.25) is 0 Å². The zero-order valence-corrected chi connectivity index (χ0v) is 13.1. The Morgan fingerprint density at radius 1 is 1.41 bits per heavy atom. The van der Waals surface area contributed by atoms with Crippen molar-refractivity contribution < 1.29 is 9.50 Å². The molecule has 1 unspecified atom stereocenters. The summed E-state index contributed by atoms with van der Waals surface area (Å²) in [6, 6.07) is 4.57. The average Bonchev–Trinajstić information content (AvgIpc) is 2.69. The molecule has 2 heterocycles. The molecule has 0 bridgehead atoms. The Kier molecular flexibility index (Phi) is 4.27. The number of aryl methyl sites for hydroxylation is 2. The second kappa shape index (κ2) is 6.18. The Labute approximate surface area is 130 Å². The van der Waals surface area contributed by atoms with Gasteiger partial charge < -0.3 is 5.11 Å². The highest BCUT2D eigenvalue weighted by atomic mass is 19.1. The van der Waals surface area contributed by atoms with E-state index in [0.717, 1.165) is 37.1 Å². The van der Waals surface area contributed by atoms with E-state index in [4.69, 9.17) is 0 Å². The molecule has 1 aromatic carbocycles. The van der Waals surface area contributed by atoms with Crippen molar-refractivity contribution in [3.05, 3.63) is 52.6 Å². The van der Waals surface area contributed by atoms with Crippen molar-refractivity contribution in [1.29, 1.82) is 0 Å². The number of fused-ring (bicyclic) bond motifs is 1. The first kappa shape index (κ1) is 15.2. The number of hydrogen-bond donors (Lipinski definition) is 1. The third-order valence-electron chi connectivity index (χ3n) is 4.45. The van der Waals surface area contributed by atoms with Crippen molar-refractivity contribution in [3.63, 3.8) is 0 Å². The third-order valence-corrected chi connectivity index (χ3v) is 4.45. The number of rotatable bonds is 3. The zero-order valence-electron chi connectivity index (χ0n) is 13.1. The average molecular weight is 303 g/mol. The molecule has 1 aromatic heterocycles. The van der Waals surface area contributed by atoms with Gasteiger partial charge in [-0.1, -0.05) is 6.07 Å². The number of β-amino-alcohol motifs (C(OH)–C–C–N with tert-alkyl or cyclic N) is 1. The maximum atomic E-state index is 13.2. The van der Waals surface area contributed by atoms with Gasteiger partial charge in [-0.05, 0) is 49.6 Å². The van der Waals surface area contributed by atoms with Gasteiger partial charge in [-0.3, -0.25) is 9.58 Å². The molecule has 2 aromatic rings. The SMILES string of the molecule is Cc1cc(F)ccc1C(O)CN1CCCc2c(cnn2C)C1. The van der Waals surface area contributed by atoms with Gasteiger partial charge >= 0.3 is 0 Å². The quantitative estimate of drug-likeness (QED) is 0.946. The van der Waals surface area contributed by atoms with Gasteiger partial charge in [0.15, 0.2) is 0 Å². The number of aromatic nitrogens is 2. The fourth-order valence-electron chi connectivity index (χ4n) is 3.26. The van der Waals surface area contributed by atoms with Crippen LogP contribution in [-0.4, -0.2) is 32.9 Å². The van der Waals surface area contributed by atoms with Crippen LogP contribution in [0.5, 0.6) is 0 Å². The van der Waals surface area contributed by atoms with Gasteiger partial charge in [0.05, 0.1) is 12.3 Å². The molecule has 1 atom stereocenters. The van der Waals surface area contributed by atoms with Crippen LogP contribution in [0.15, 0.2) is 24.4 Å². The smallest absolute Gasteiger partial charge is 0.123 e. The lowest BCUT2D eigenvalue weighted by molar-refractivity contribution is 0.109. The van der Waals surface area contributed by atoms with Gasteiger partial charge in [0, 0.05) is 31.4 Å². The van der Waals surface area contributed by atoms with Gasteiger partial charge in [0.2, 0.25) is 0 Å². The Balaban J connectivity index is 1.72. The van der Waals surface area contributed by atoms with Gasteiger partial charge in [0.1, 0.15) is 5.82 Å². The van der Waals surface area contributed by atoms with E-state index in [9.17, 15) is 9.50 Å². The van der Waals surface area contributed by atoms with Crippen molar-refractivity contribution in [2.75, 3.05) is 13.1 Å². The van der Waals surface area contributed by atoms with Crippen LogP contribution in [-0.2, 0) is 20.0 Å². The molecule has 0 spiro atoms. The van der Waals surface area contributed by atoms with Gasteiger partial charge in [-0.2, -0.15) is 5.10 Å². The van der Waals surface area contributed by atoms with Crippen LogP contribution in [0, 0.1) is 12.7 Å². The Hall–Kier alpha value is -1.72. The van der Waals surface area contributed by atoms with Crippen molar-refractivity contribution >= 4 is 0 Å². The van der Waals surface area contributed by atoms with E-state index in [0.29, 0.717) is 6.54 Å². The summed E-state index contributed by atoms with van der Waals surface area (Å²) in [5.41, 5.74) is 4.12. The maximum absolute atomic E-state index is 13.2. The summed E-state index contributed by atoms with van der Waals surface area (Å²) in [4.78, 5) is 2.25. The number of hydrogen-bond acceptors (Lipinski definition) is 3. The van der Waals surface area contributed by atoms with Crippen LogP contribution in [0.25, 0.3) is 0 Å². The number of nitrogens with zero attached hydrogens (tertiary/aromatic N) is 3. The van der Waals surface area contributed by atoms with Crippen LogP contribution in [0.4, 0.5) is 4.39 Å². The number of halogens is 1. The van der Waals surface area contributed by atoms with E-state index in [2.05, 4.69) is 10.00 Å². The molecular formula is C17H22FN3O. The first-order chi connectivity index (χ1) is 10.5. The highest BCUT2D eigenvalue weighted by Gasteiger charge is 2.21. The molecule has 0 fully saturated rings.